The summed E-state index contributed by atoms with van der Waals surface area (Å²) >= 11 is 0. The zero-order valence-electron chi connectivity index (χ0n) is 10.2. The van der Waals surface area contributed by atoms with Gasteiger partial charge in [-0.15, -0.1) is 0 Å². The largest absolute Gasteiger partial charge is 1.00 e. The summed E-state index contributed by atoms with van der Waals surface area (Å²) in [5.74, 6) is 0. The van der Waals surface area contributed by atoms with Crippen LogP contribution >= 0.6 is 0 Å². The molecule has 0 amide bonds. The van der Waals surface area contributed by atoms with E-state index in [1.54, 1.807) is 0 Å². The van der Waals surface area contributed by atoms with Gasteiger partial charge in [-0.05, 0) is 19.3 Å². The molecule has 0 N–H and O–H groups in total. The second-order valence-electron chi connectivity index (χ2n) is 2.60. The van der Waals surface area contributed by atoms with Crippen molar-refractivity contribution in [2.45, 2.75) is 33.1 Å². The summed E-state index contributed by atoms with van der Waals surface area (Å²) in [6.45, 7) is 6.21. The van der Waals surface area contributed by atoms with Gasteiger partial charge in [-0.3, -0.25) is 0 Å². The SMILES string of the molecule is CC/C=C\CCOCOCCC.[H-].[Li+]. The Hall–Kier alpha value is 0.257. The maximum Gasteiger partial charge on any atom is 1.00 e. The van der Waals surface area contributed by atoms with Crippen molar-refractivity contribution < 1.29 is 29.8 Å². The van der Waals surface area contributed by atoms with E-state index >= 15 is 0 Å². The van der Waals surface area contributed by atoms with Crippen molar-refractivity contribution in [3.05, 3.63) is 12.2 Å². The monoisotopic (exact) mass is 180 g/mol. The molecule has 0 aliphatic carbocycles. The average molecular weight is 180 g/mol. The predicted octanol–water partition coefficient (Wildman–Crippen LogP) is -0.140. The molecular formula is C10H21LiO2. The second kappa shape index (κ2) is 14.8. The van der Waals surface area contributed by atoms with Crippen LogP contribution in [0.15, 0.2) is 12.2 Å². The smallest absolute Gasteiger partial charge is 1.00 e. The van der Waals surface area contributed by atoms with Crippen LogP contribution in [0.3, 0.4) is 0 Å². The quantitative estimate of drug-likeness (QED) is 0.224. The molecule has 0 fully saturated rings. The molecule has 0 aromatic carbocycles. The minimum Gasteiger partial charge on any atom is -1.00 e. The third-order valence-corrected chi connectivity index (χ3v) is 1.35. The molecule has 2 nitrogen and oxygen atoms in total. The first kappa shape index (κ1) is 15.7. The Kier molecular flexibility index (Phi) is 17.8. The van der Waals surface area contributed by atoms with Crippen LogP contribution in [0.2, 0.25) is 0 Å². The van der Waals surface area contributed by atoms with Crippen LogP contribution < -0.4 is 18.9 Å². The fourth-order valence-corrected chi connectivity index (χ4v) is 0.757. The van der Waals surface area contributed by atoms with Crippen LogP contribution in [-0.4, -0.2) is 20.0 Å². The van der Waals surface area contributed by atoms with E-state index in [0.717, 1.165) is 32.5 Å². The molecule has 0 spiro atoms. The van der Waals surface area contributed by atoms with Crippen molar-refractivity contribution in [3.8, 4) is 0 Å². The van der Waals surface area contributed by atoms with Gasteiger partial charge in [0.2, 0.25) is 0 Å². The molecule has 0 aromatic rings. The zero-order chi connectivity index (χ0) is 9.07. The number of allylic oxidation sites excluding steroid dienone is 1. The Morgan fingerprint density at radius 2 is 1.77 bits per heavy atom. The third-order valence-electron chi connectivity index (χ3n) is 1.35. The molecule has 3 heteroatoms. The van der Waals surface area contributed by atoms with Crippen molar-refractivity contribution in [1.82, 2.24) is 0 Å². The summed E-state index contributed by atoms with van der Waals surface area (Å²) < 4.78 is 10.4. The zero-order valence-corrected chi connectivity index (χ0v) is 9.21. The standard InChI is InChI=1S/C10H20O2.Li.H/c1-3-5-6-7-9-12-10-11-8-4-2;;/h5-6H,3-4,7-10H2,1-2H3;;/q;+1;-1/b6-5-;;. The molecule has 0 saturated heterocycles. The van der Waals surface area contributed by atoms with E-state index in [4.69, 9.17) is 9.47 Å². The maximum atomic E-state index is 5.21. The molecule has 0 heterocycles. The molecule has 0 saturated carbocycles. The Morgan fingerprint density at radius 3 is 2.38 bits per heavy atom. The summed E-state index contributed by atoms with van der Waals surface area (Å²) in [6.07, 6.45) is 7.44. The molecular weight excluding hydrogens is 159 g/mol. The van der Waals surface area contributed by atoms with Crippen LogP contribution in [0, 0.1) is 0 Å². The van der Waals surface area contributed by atoms with Gasteiger partial charge in [-0.1, -0.05) is 26.0 Å². The number of rotatable bonds is 8. The van der Waals surface area contributed by atoms with Crippen molar-refractivity contribution in [2.24, 2.45) is 0 Å². The molecule has 0 bridgehead atoms. The number of hydrogen-bond acceptors (Lipinski definition) is 2. The van der Waals surface area contributed by atoms with Gasteiger partial charge in [0.25, 0.3) is 0 Å². The Labute approximate surface area is 95.3 Å². The fraction of sp³-hybridized carbons (Fsp3) is 0.800. The van der Waals surface area contributed by atoms with Crippen LogP contribution in [0.1, 0.15) is 34.5 Å². The third kappa shape index (κ3) is 15.0. The first-order chi connectivity index (χ1) is 5.91. The topological polar surface area (TPSA) is 18.5 Å². The Bertz CT molecular complexity index is 110. The van der Waals surface area contributed by atoms with Crippen molar-refractivity contribution >= 4 is 0 Å². The van der Waals surface area contributed by atoms with Gasteiger partial charge >= 0.3 is 18.9 Å². The molecule has 0 aliphatic heterocycles. The van der Waals surface area contributed by atoms with E-state index in [1.165, 1.54) is 0 Å². The molecule has 0 rings (SSSR count). The normalized spacial score (nSPS) is 10.3. The van der Waals surface area contributed by atoms with E-state index in [-0.39, 0.29) is 20.3 Å². The first-order valence-corrected chi connectivity index (χ1v) is 4.72. The van der Waals surface area contributed by atoms with Gasteiger partial charge in [0.15, 0.2) is 0 Å². The van der Waals surface area contributed by atoms with Crippen LogP contribution in [0.5, 0.6) is 0 Å². The molecule has 0 atom stereocenters. The van der Waals surface area contributed by atoms with E-state index in [0.29, 0.717) is 6.79 Å². The summed E-state index contributed by atoms with van der Waals surface area (Å²) in [4.78, 5) is 0. The Morgan fingerprint density at radius 1 is 1.08 bits per heavy atom. The van der Waals surface area contributed by atoms with Gasteiger partial charge in [0.1, 0.15) is 6.79 Å². The first-order valence-electron chi connectivity index (χ1n) is 4.72. The second-order valence-corrected chi connectivity index (χ2v) is 2.60. The molecule has 0 radical (unpaired) electrons. The van der Waals surface area contributed by atoms with Gasteiger partial charge in [0.05, 0.1) is 6.61 Å². The summed E-state index contributed by atoms with van der Waals surface area (Å²) in [6, 6.07) is 0. The van der Waals surface area contributed by atoms with Gasteiger partial charge in [-0.25, -0.2) is 0 Å². The summed E-state index contributed by atoms with van der Waals surface area (Å²) in [5, 5.41) is 0. The van der Waals surface area contributed by atoms with Crippen molar-refractivity contribution in [2.75, 3.05) is 20.0 Å². The predicted molar refractivity (Wildman–Crippen MR) is 52.2 cm³/mol. The van der Waals surface area contributed by atoms with Crippen LogP contribution in [-0.2, 0) is 9.47 Å². The average Bonchev–Trinajstić information content (AvgIpc) is 2.10. The molecule has 0 aliphatic rings. The van der Waals surface area contributed by atoms with E-state index in [9.17, 15) is 0 Å². The summed E-state index contributed by atoms with van der Waals surface area (Å²) in [7, 11) is 0. The van der Waals surface area contributed by atoms with Gasteiger partial charge < -0.3 is 10.9 Å². The molecule has 13 heavy (non-hydrogen) atoms. The number of hydrogen-bond donors (Lipinski definition) is 0. The Balaban J connectivity index is -0.000000605. The van der Waals surface area contributed by atoms with Crippen LogP contribution in [0.4, 0.5) is 0 Å². The maximum absolute atomic E-state index is 5.21. The summed E-state index contributed by atoms with van der Waals surface area (Å²) in [5.41, 5.74) is 0. The molecule has 0 unspecified atom stereocenters. The minimum atomic E-state index is 0. The van der Waals surface area contributed by atoms with Crippen molar-refractivity contribution in [1.29, 1.82) is 0 Å². The van der Waals surface area contributed by atoms with Gasteiger partial charge in [0, 0.05) is 6.61 Å². The number of ether oxygens (including phenoxy) is 2. The fourth-order valence-electron chi connectivity index (χ4n) is 0.757. The van der Waals surface area contributed by atoms with E-state index < -0.39 is 0 Å². The van der Waals surface area contributed by atoms with E-state index in [1.807, 2.05) is 0 Å². The van der Waals surface area contributed by atoms with E-state index in [2.05, 4.69) is 26.0 Å². The van der Waals surface area contributed by atoms with Crippen LogP contribution in [0.25, 0.3) is 0 Å². The minimum absolute atomic E-state index is 0. The van der Waals surface area contributed by atoms with Gasteiger partial charge in [-0.2, -0.15) is 0 Å². The van der Waals surface area contributed by atoms with Crippen molar-refractivity contribution in [3.63, 3.8) is 0 Å². The molecule has 74 valence electrons. The molecule has 0 aromatic heterocycles.